The Labute approximate surface area is 258 Å². The maximum Gasteiger partial charge on any atom is 0.250 e. The second-order valence-corrected chi connectivity index (χ2v) is 11.8. The molecule has 6 atom stereocenters. The zero-order valence-electron chi connectivity index (χ0n) is 25.2. The van der Waals surface area contributed by atoms with Gasteiger partial charge in [0.1, 0.15) is 11.6 Å². The molecule has 3 fully saturated rings. The lowest BCUT2D eigenvalue weighted by molar-refractivity contribution is -0.144. The Morgan fingerprint density at radius 2 is 1.64 bits per heavy atom. The van der Waals surface area contributed by atoms with Crippen molar-refractivity contribution in [2.75, 3.05) is 29.9 Å². The number of hydrogen-bond acceptors (Lipinski definition) is 6. The van der Waals surface area contributed by atoms with Crippen LogP contribution < -0.4 is 15.5 Å². The molecule has 3 aromatic rings. The van der Waals surface area contributed by atoms with Crippen molar-refractivity contribution in [3.05, 3.63) is 96.1 Å². The zero-order valence-corrected chi connectivity index (χ0v) is 25.2. The number of carbonyl (C=O) groups is 3. The summed E-state index contributed by atoms with van der Waals surface area (Å²) in [6.07, 6.45) is 0.576. The fourth-order valence-corrected chi connectivity index (χ4v) is 7.51. The SMILES string of the molecule is CCN(CC)c1ccc(NC(=O)C2N([C@H](CO)c3ccccc3)C(=O)[C@@H]3[C@@H](C(=O)NCc4ccccc4)[C@H]4CCC23O4)cc1. The number of aliphatic hydroxyl groups is 1. The van der Waals surface area contributed by atoms with Crippen molar-refractivity contribution in [2.45, 2.75) is 57.0 Å². The third-order valence-corrected chi connectivity index (χ3v) is 9.56. The third-order valence-electron chi connectivity index (χ3n) is 9.56. The summed E-state index contributed by atoms with van der Waals surface area (Å²) in [5, 5.41) is 16.7. The molecule has 230 valence electrons. The van der Waals surface area contributed by atoms with E-state index in [1.807, 2.05) is 84.9 Å². The highest BCUT2D eigenvalue weighted by Gasteiger charge is 2.75. The monoisotopic (exact) mass is 596 g/mol. The number of nitrogens with one attached hydrogen (secondary N) is 2. The van der Waals surface area contributed by atoms with Gasteiger partial charge >= 0.3 is 0 Å². The molecule has 9 heteroatoms. The van der Waals surface area contributed by atoms with Gasteiger partial charge in [-0.15, -0.1) is 0 Å². The summed E-state index contributed by atoms with van der Waals surface area (Å²) in [7, 11) is 0. The fourth-order valence-electron chi connectivity index (χ4n) is 7.51. The average Bonchev–Trinajstić information content (AvgIpc) is 3.70. The molecule has 6 rings (SSSR count). The van der Waals surface area contributed by atoms with E-state index < -0.39 is 41.5 Å². The average molecular weight is 597 g/mol. The first kappa shape index (κ1) is 29.8. The van der Waals surface area contributed by atoms with E-state index in [4.69, 9.17) is 4.74 Å². The highest BCUT2D eigenvalue weighted by molar-refractivity contribution is 6.03. The van der Waals surface area contributed by atoms with Gasteiger partial charge in [-0.1, -0.05) is 60.7 Å². The first-order valence-corrected chi connectivity index (χ1v) is 15.5. The topological polar surface area (TPSA) is 111 Å². The lowest BCUT2D eigenvalue weighted by Gasteiger charge is -2.36. The van der Waals surface area contributed by atoms with Gasteiger partial charge in [0.15, 0.2) is 0 Å². The van der Waals surface area contributed by atoms with Gasteiger partial charge in [0, 0.05) is 31.0 Å². The molecule has 3 aliphatic rings. The molecule has 0 aliphatic carbocycles. The first-order chi connectivity index (χ1) is 21.4. The summed E-state index contributed by atoms with van der Waals surface area (Å²) < 4.78 is 6.58. The quantitative estimate of drug-likeness (QED) is 0.310. The Morgan fingerprint density at radius 3 is 2.27 bits per heavy atom. The van der Waals surface area contributed by atoms with Crippen LogP contribution in [0, 0.1) is 11.8 Å². The number of aliphatic hydroxyl groups excluding tert-OH is 1. The predicted octanol–water partition coefficient (Wildman–Crippen LogP) is 3.90. The predicted molar refractivity (Wildman–Crippen MR) is 168 cm³/mol. The standard InChI is InChI=1S/C35H40N4O5/c1-3-38(4-2)26-17-15-25(16-18-26)37-33(42)31-35-20-19-28(44-35)29(32(41)36-21-23-11-7-5-8-12-23)30(35)34(43)39(31)27(22-40)24-13-9-6-10-14-24/h5-18,27-31,40H,3-4,19-22H2,1-2H3,(H,36,41)(H,37,42)/t27-,28-,29+,30+,31?,35?/m1/s1. The molecule has 3 aliphatic heterocycles. The zero-order chi connectivity index (χ0) is 30.8. The molecule has 0 aromatic heterocycles. The number of benzene rings is 3. The molecule has 3 heterocycles. The van der Waals surface area contributed by atoms with Crippen LogP contribution in [0.5, 0.6) is 0 Å². The number of nitrogens with zero attached hydrogens (tertiary/aromatic N) is 2. The smallest absolute Gasteiger partial charge is 0.250 e. The van der Waals surface area contributed by atoms with Crippen LogP contribution in [0.3, 0.4) is 0 Å². The maximum absolute atomic E-state index is 14.5. The summed E-state index contributed by atoms with van der Waals surface area (Å²) in [4.78, 5) is 46.1. The first-order valence-electron chi connectivity index (χ1n) is 15.5. The van der Waals surface area contributed by atoms with E-state index in [1.54, 1.807) is 0 Å². The van der Waals surface area contributed by atoms with Crippen LogP contribution in [0.4, 0.5) is 11.4 Å². The summed E-state index contributed by atoms with van der Waals surface area (Å²) in [6.45, 7) is 5.87. The number of carbonyl (C=O) groups excluding carboxylic acids is 3. The molecule has 3 saturated heterocycles. The van der Waals surface area contributed by atoms with Crippen LogP contribution in [0.25, 0.3) is 0 Å². The fraction of sp³-hybridized carbons (Fsp3) is 0.400. The minimum Gasteiger partial charge on any atom is -0.394 e. The molecule has 3 N–H and O–H groups in total. The lowest BCUT2D eigenvalue weighted by Crippen LogP contribution is -2.54. The van der Waals surface area contributed by atoms with E-state index in [1.165, 1.54) is 4.90 Å². The van der Waals surface area contributed by atoms with Gasteiger partial charge in [-0.2, -0.15) is 0 Å². The van der Waals surface area contributed by atoms with Crippen molar-refractivity contribution in [1.82, 2.24) is 10.2 Å². The van der Waals surface area contributed by atoms with E-state index in [2.05, 4.69) is 29.4 Å². The van der Waals surface area contributed by atoms with E-state index in [-0.39, 0.29) is 18.4 Å². The number of likely N-dealkylation sites (tertiary alicyclic amines) is 1. The molecule has 2 bridgehead atoms. The molecule has 0 radical (unpaired) electrons. The van der Waals surface area contributed by atoms with E-state index >= 15 is 0 Å². The van der Waals surface area contributed by atoms with Crippen LogP contribution in [0.2, 0.25) is 0 Å². The van der Waals surface area contributed by atoms with E-state index in [0.29, 0.717) is 30.6 Å². The number of amides is 3. The summed E-state index contributed by atoms with van der Waals surface area (Å²) in [5.41, 5.74) is 2.14. The van der Waals surface area contributed by atoms with E-state index in [9.17, 15) is 19.5 Å². The highest BCUT2D eigenvalue weighted by atomic mass is 16.5. The Hall–Kier alpha value is -4.21. The highest BCUT2D eigenvalue weighted by Crippen LogP contribution is 2.59. The van der Waals surface area contributed by atoms with Crippen LogP contribution in [-0.2, 0) is 25.7 Å². The normalized spacial score (nSPS) is 25.9. The van der Waals surface area contributed by atoms with Gasteiger partial charge < -0.3 is 30.3 Å². The molecular weight excluding hydrogens is 556 g/mol. The van der Waals surface area contributed by atoms with Crippen molar-refractivity contribution in [1.29, 1.82) is 0 Å². The molecule has 9 nitrogen and oxygen atoms in total. The molecule has 3 aromatic carbocycles. The summed E-state index contributed by atoms with van der Waals surface area (Å²) in [6, 6.07) is 24.7. The second kappa shape index (κ2) is 12.4. The van der Waals surface area contributed by atoms with Crippen molar-refractivity contribution in [2.24, 2.45) is 11.8 Å². The Kier molecular flexibility index (Phi) is 8.42. The van der Waals surface area contributed by atoms with Crippen molar-refractivity contribution in [3.8, 4) is 0 Å². The molecule has 1 spiro atoms. The van der Waals surface area contributed by atoms with Crippen LogP contribution in [-0.4, -0.2) is 65.2 Å². The van der Waals surface area contributed by atoms with Crippen molar-refractivity contribution < 1.29 is 24.2 Å². The van der Waals surface area contributed by atoms with Crippen LogP contribution in [0.15, 0.2) is 84.9 Å². The Balaban J connectivity index is 1.33. The molecule has 3 amide bonds. The van der Waals surface area contributed by atoms with Crippen molar-refractivity contribution in [3.63, 3.8) is 0 Å². The van der Waals surface area contributed by atoms with Crippen LogP contribution in [0.1, 0.15) is 43.9 Å². The number of rotatable bonds is 11. The number of hydrogen-bond donors (Lipinski definition) is 3. The van der Waals surface area contributed by atoms with Gasteiger partial charge in [-0.05, 0) is 62.1 Å². The Morgan fingerprint density at radius 1 is 0.977 bits per heavy atom. The summed E-state index contributed by atoms with van der Waals surface area (Å²) >= 11 is 0. The van der Waals surface area contributed by atoms with Gasteiger partial charge in [0.25, 0.3) is 0 Å². The summed E-state index contributed by atoms with van der Waals surface area (Å²) in [5.74, 6) is -2.56. The van der Waals surface area contributed by atoms with Gasteiger partial charge in [0.05, 0.1) is 30.6 Å². The van der Waals surface area contributed by atoms with Crippen molar-refractivity contribution >= 4 is 29.1 Å². The van der Waals surface area contributed by atoms with E-state index in [0.717, 1.165) is 24.3 Å². The molecule has 44 heavy (non-hydrogen) atoms. The van der Waals surface area contributed by atoms with Gasteiger partial charge in [-0.25, -0.2) is 0 Å². The number of anilines is 2. The lowest BCUT2D eigenvalue weighted by atomic mass is 9.70. The Bertz CT molecular complexity index is 1480. The largest absolute Gasteiger partial charge is 0.394 e. The second-order valence-electron chi connectivity index (χ2n) is 11.8. The minimum atomic E-state index is -1.18. The molecule has 0 saturated carbocycles. The van der Waals surface area contributed by atoms with Crippen LogP contribution >= 0.6 is 0 Å². The minimum absolute atomic E-state index is 0.257. The maximum atomic E-state index is 14.5. The van der Waals surface area contributed by atoms with Gasteiger partial charge in [0.2, 0.25) is 17.7 Å². The molecule has 2 unspecified atom stereocenters. The van der Waals surface area contributed by atoms with Gasteiger partial charge in [-0.3, -0.25) is 14.4 Å². The number of ether oxygens (including phenoxy) is 1. The molecular formula is C35H40N4O5. The third kappa shape index (κ3) is 5.14. The number of fused-ring (bicyclic) bond motifs is 1.